The van der Waals surface area contributed by atoms with E-state index in [1.54, 1.807) is 0 Å². The van der Waals surface area contributed by atoms with E-state index in [2.05, 4.69) is 22.3 Å². The number of piperazine rings is 1. The molecule has 0 amide bonds. The van der Waals surface area contributed by atoms with Gasteiger partial charge in [-0.05, 0) is 43.7 Å². The SMILES string of the molecule is CC(C)(O)C(CN1CCNCC1)c1cccc(Oc2ccccc2)c1. The lowest BCUT2D eigenvalue weighted by molar-refractivity contribution is 0.0328. The quantitative estimate of drug-likeness (QED) is 0.847. The summed E-state index contributed by atoms with van der Waals surface area (Å²) in [6.45, 7) is 8.69. The first-order valence-electron chi connectivity index (χ1n) is 9.01. The van der Waals surface area contributed by atoms with Crippen LogP contribution in [-0.4, -0.2) is 48.3 Å². The minimum Gasteiger partial charge on any atom is -0.457 e. The van der Waals surface area contributed by atoms with Gasteiger partial charge >= 0.3 is 0 Å². The fourth-order valence-electron chi connectivity index (χ4n) is 3.31. The molecule has 2 N–H and O–H groups in total. The lowest BCUT2D eigenvalue weighted by atomic mass is 9.84. The molecule has 0 bridgehead atoms. The number of hydrogen-bond acceptors (Lipinski definition) is 4. The average molecular weight is 340 g/mol. The van der Waals surface area contributed by atoms with E-state index in [1.807, 2.05) is 56.3 Å². The third-order valence-electron chi connectivity index (χ3n) is 4.74. The highest BCUT2D eigenvalue weighted by atomic mass is 16.5. The minimum absolute atomic E-state index is 0.0323. The lowest BCUT2D eigenvalue weighted by Gasteiger charge is -2.36. The highest BCUT2D eigenvalue weighted by molar-refractivity contribution is 5.36. The summed E-state index contributed by atoms with van der Waals surface area (Å²) in [5, 5.41) is 14.1. The Bertz CT molecular complexity index is 661. The molecule has 0 radical (unpaired) electrons. The molecular weight excluding hydrogens is 312 g/mol. The normalized spacial score (nSPS) is 17.2. The molecule has 0 aromatic heterocycles. The first kappa shape index (κ1) is 17.9. The van der Waals surface area contributed by atoms with Gasteiger partial charge in [-0.1, -0.05) is 30.3 Å². The molecule has 4 nitrogen and oxygen atoms in total. The van der Waals surface area contributed by atoms with Gasteiger partial charge in [-0.2, -0.15) is 0 Å². The van der Waals surface area contributed by atoms with E-state index in [9.17, 15) is 5.11 Å². The van der Waals surface area contributed by atoms with Crippen LogP contribution in [0.5, 0.6) is 11.5 Å². The highest BCUT2D eigenvalue weighted by Crippen LogP contribution is 2.32. The van der Waals surface area contributed by atoms with Gasteiger partial charge < -0.3 is 20.1 Å². The maximum Gasteiger partial charge on any atom is 0.127 e. The van der Waals surface area contributed by atoms with Crippen molar-refractivity contribution in [3.05, 3.63) is 60.2 Å². The second kappa shape index (κ2) is 8.00. The third-order valence-corrected chi connectivity index (χ3v) is 4.74. The summed E-state index contributed by atoms with van der Waals surface area (Å²) in [4.78, 5) is 2.42. The first-order chi connectivity index (χ1) is 12.0. The van der Waals surface area contributed by atoms with Crippen molar-refractivity contribution in [1.29, 1.82) is 0 Å². The summed E-state index contributed by atoms with van der Waals surface area (Å²) in [5.41, 5.74) is 0.315. The standard InChI is InChI=1S/C21H28N2O2/c1-21(2,24)20(16-23-13-11-22-12-14-23)17-7-6-10-19(15-17)25-18-8-4-3-5-9-18/h3-10,15,20,22,24H,11-14,16H2,1-2H3. The van der Waals surface area contributed by atoms with Crippen molar-refractivity contribution in [3.63, 3.8) is 0 Å². The molecular formula is C21H28N2O2. The zero-order valence-corrected chi connectivity index (χ0v) is 15.1. The van der Waals surface area contributed by atoms with Gasteiger partial charge in [0.2, 0.25) is 0 Å². The molecule has 2 aromatic rings. The number of nitrogens with zero attached hydrogens (tertiary/aromatic N) is 1. The van der Waals surface area contributed by atoms with Crippen LogP contribution in [0.4, 0.5) is 0 Å². The first-order valence-corrected chi connectivity index (χ1v) is 9.01. The molecule has 0 saturated carbocycles. The Hall–Kier alpha value is -1.88. The van der Waals surface area contributed by atoms with Crippen molar-refractivity contribution in [2.24, 2.45) is 0 Å². The topological polar surface area (TPSA) is 44.7 Å². The molecule has 25 heavy (non-hydrogen) atoms. The number of rotatable bonds is 6. The number of para-hydroxylation sites is 1. The molecule has 2 aromatic carbocycles. The zero-order chi connectivity index (χ0) is 17.7. The summed E-state index contributed by atoms with van der Waals surface area (Å²) >= 11 is 0. The van der Waals surface area contributed by atoms with E-state index in [0.29, 0.717) is 0 Å². The smallest absolute Gasteiger partial charge is 0.127 e. The second-order valence-electron chi connectivity index (χ2n) is 7.24. The van der Waals surface area contributed by atoms with Gasteiger partial charge in [-0.25, -0.2) is 0 Å². The van der Waals surface area contributed by atoms with Crippen molar-refractivity contribution in [2.45, 2.75) is 25.4 Å². The largest absolute Gasteiger partial charge is 0.457 e. The maximum atomic E-state index is 10.8. The van der Waals surface area contributed by atoms with E-state index in [-0.39, 0.29) is 5.92 Å². The minimum atomic E-state index is -0.795. The predicted octanol–water partition coefficient (Wildman–Crippen LogP) is 3.24. The summed E-state index contributed by atoms with van der Waals surface area (Å²) in [6, 6.07) is 17.9. The van der Waals surface area contributed by atoms with Crippen molar-refractivity contribution in [2.75, 3.05) is 32.7 Å². The molecule has 3 rings (SSSR count). The lowest BCUT2D eigenvalue weighted by Crippen LogP contribution is -2.47. The predicted molar refractivity (Wildman–Crippen MR) is 101 cm³/mol. The van der Waals surface area contributed by atoms with E-state index in [4.69, 9.17) is 4.74 Å². The molecule has 1 heterocycles. The van der Waals surface area contributed by atoms with Crippen LogP contribution in [0, 0.1) is 0 Å². The number of nitrogens with one attached hydrogen (secondary N) is 1. The van der Waals surface area contributed by atoms with Crippen LogP contribution < -0.4 is 10.1 Å². The Morgan fingerprint density at radius 2 is 1.72 bits per heavy atom. The van der Waals surface area contributed by atoms with E-state index < -0.39 is 5.60 Å². The summed E-state index contributed by atoms with van der Waals surface area (Å²) < 4.78 is 5.97. The summed E-state index contributed by atoms with van der Waals surface area (Å²) in [6.07, 6.45) is 0. The molecule has 0 spiro atoms. The van der Waals surface area contributed by atoms with Crippen molar-refractivity contribution in [1.82, 2.24) is 10.2 Å². The molecule has 1 atom stereocenters. The van der Waals surface area contributed by atoms with Gasteiger partial charge in [0.05, 0.1) is 5.60 Å². The molecule has 4 heteroatoms. The van der Waals surface area contributed by atoms with Gasteiger partial charge in [0.1, 0.15) is 11.5 Å². The molecule has 134 valence electrons. The van der Waals surface area contributed by atoms with E-state index in [1.165, 1.54) is 0 Å². The van der Waals surface area contributed by atoms with Gasteiger partial charge in [0.15, 0.2) is 0 Å². The molecule has 1 saturated heterocycles. The van der Waals surface area contributed by atoms with Crippen LogP contribution in [0.1, 0.15) is 25.3 Å². The Morgan fingerprint density at radius 1 is 1.04 bits per heavy atom. The fraction of sp³-hybridized carbons (Fsp3) is 0.429. The second-order valence-corrected chi connectivity index (χ2v) is 7.24. The van der Waals surface area contributed by atoms with Gasteiger partial charge in [0, 0.05) is 38.6 Å². The van der Waals surface area contributed by atoms with E-state index in [0.717, 1.165) is 49.8 Å². The maximum absolute atomic E-state index is 10.8. The number of ether oxygens (including phenoxy) is 1. The Labute approximate surface area is 150 Å². The molecule has 1 aliphatic heterocycles. The van der Waals surface area contributed by atoms with Gasteiger partial charge in [-0.3, -0.25) is 0 Å². The molecule has 1 aliphatic rings. The average Bonchev–Trinajstić information content (AvgIpc) is 2.61. The fourth-order valence-corrected chi connectivity index (χ4v) is 3.31. The van der Waals surface area contributed by atoms with Crippen molar-refractivity contribution >= 4 is 0 Å². The third kappa shape index (κ3) is 5.05. The van der Waals surface area contributed by atoms with Crippen molar-refractivity contribution < 1.29 is 9.84 Å². The van der Waals surface area contributed by atoms with Crippen LogP contribution in [0.3, 0.4) is 0 Å². The summed E-state index contributed by atoms with van der Waals surface area (Å²) in [5.74, 6) is 1.66. The number of benzene rings is 2. The van der Waals surface area contributed by atoms with Crippen LogP contribution in [-0.2, 0) is 0 Å². The Morgan fingerprint density at radius 3 is 2.40 bits per heavy atom. The molecule has 1 fully saturated rings. The van der Waals surface area contributed by atoms with Gasteiger partial charge in [0.25, 0.3) is 0 Å². The monoisotopic (exact) mass is 340 g/mol. The van der Waals surface area contributed by atoms with Crippen LogP contribution >= 0.6 is 0 Å². The van der Waals surface area contributed by atoms with Gasteiger partial charge in [-0.15, -0.1) is 0 Å². The number of hydrogen-bond donors (Lipinski definition) is 2. The highest BCUT2D eigenvalue weighted by Gasteiger charge is 2.30. The van der Waals surface area contributed by atoms with Crippen molar-refractivity contribution in [3.8, 4) is 11.5 Å². The Kier molecular flexibility index (Phi) is 5.74. The number of aliphatic hydroxyl groups is 1. The Balaban J connectivity index is 1.79. The van der Waals surface area contributed by atoms with E-state index >= 15 is 0 Å². The molecule has 0 aliphatic carbocycles. The zero-order valence-electron chi connectivity index (χ0n) is 15.1. The molecule has 1 unspecified atom stereocenters. The van der Waals surface area contributed by atoms with Crippen LogP contribution in [0.2, 0.25) is 0 Å². The van der Waals surface area contributed by atoms with Crippen LogP contribution in [0.25, 0.3) is 0 Å². The summed E-state index contributed by atoms with van der Waals surface area (Å²) in [7, 11) is 0. The van der Waals surface area contributed by atoms with Crippen LogP contribution in [0.15, 0.2) is 54.6 Å².